The van der Waals surface area contributed by atoms with Crippen molar-refractivity contribution < 1.29 is 33.3 Å². The molecule has 10 nitrogen and oxygen atoms in total. The van der Waals surface area contributed by atoms with Crippen LogP contribution in [0.2, 0.25) is 5.02 Å². The fourth-order valence-electron chi connectivity index (χ4n) is 4.25. The molecular weight excluding hydrogens is 562 g/mol. The molecule has 0 aliphatic rings. The molecule has 216 valence electrons. The molecule has 0 saturated carbocycles. The first-order valence-corrected chi connectivity index (χ1v) is 13.1. The van der Waals surface area contributed by atoms with Gasteiger partial charge in [0.1, 0.15) is 29.3 Å². The zero-order chi connectivity index (χ0) is 30.4. The number of anilines is 1. The number of aromatic nitrogens is 2. The molecule has 0 unspecified atom stereocenters. The number of carbonyl (C=O) groups is 3. The Morgan fingerprint density at radius 1 is 0.881 bits per heavy atom. The molecule has 4 aromatic rings. The predicted molar refractivity (Wildman–Crippen MR) is 156 cm³/mol. The lowest BCUT2D eigenvalue weighted by Gasteiger charge is -2.17. The summed E-state index contributed by atoms with van der Waals surface area (Å²) in [5.74, 6) is -0.878. The summed E-state index contributed by atoms with van der Waals surface area (Å²) in [5.41, 5.74) is 5.01. The monoisotopic (exact) mass is 589 g/mol. The van der Waals surface area contributed by atoms with E-state index in [0.29, 0.717) is 17.1 Å². The van der Waals surface area contributed by atoms with Gasteiger partial charge in [-0.05, 0) is 66.4 Å². The molecule has 0 saturated heterocycles. The standard InChI is InChI=1S/C31H28ClN3O7/c1-17-20(8-6-10-24(17)34-28(36)25-13-12-19(15-33-25)30(37)40-4)21-9-7-11-27(18(21)2)42-16-26-23(32)14-22(31(38)41-5)29(35-26)39-3/h6-15H,16H2,1-5H3,(H,34,36). The topological polar surface area (TPSA) is 126 Å². The highest BCUT2D eigenvalue weighted by Crippen LogP contribution is 2.35. The highest BCUT2D eigenvalue weighted by atomic mass is 35.5. The van der Waals surface area contributed by atoms with Gasteiger partial charge >= 0.3 is 11.9 Å². The lowest BCUT2D eigenvalue weighted by Crippen LogP contribution is -2.15. The van der Waals surface area contributed by atoms with Gasteiger partial charge < -0.3 is 24.3 Å². The Morgan fingerprint density at radius 3 is 2.21 bits per heavy atom. The van der Waals surface area contributed by atoms with E-state index < -0.39 is 17.8 Å². The fraction of sp³-hybridized carbons (Fsp3) is 0.194. The number of ether oxygens (including phenoxy) is 4. The van der Waals surface area contributed by atoms with Gasteiger partial charge in [-0.3, -0.25) is 9.78 Å². The van der Waals surface area contributed by atoms with Crippen molar-refractivity contribution in [1.82, 2.24) is 9.97 Å². The van der Waals surface area contributed by atoms with E-state index >= 15 is 0 Å². The van der Waals surface area contributed by atoms with Gasteiger partial charge in [0.05, 0.1) is 31.9 Å². The predicted octanol–water partition coefficient (Wildman–Crippen LogP) is 5.83. The number of benzene rings is 2. The first kappa shape index (κ1) is 30.0. The van der Waals surface area contributed by atoms with Crippen LogP contribution in [0, 0.1) is 13.8 Å². The Balaban J connectivity index is 1.56. The fourth-order valence-corrected chi connectivity index (χ4v) is 4.45. The number of amides is 1. The van der Waals surface area contributed by atoms with Crippen molar-refractivity contribution in [3.8, 4) is 22.8 Å². The molecule has 0 aliphatic heterocycles. The van der Waals surface area contributed by atoms with Crippen LogP contribution in [0.15, 0.2) is 60.8 Å². The molecule has 0 bridgehead atoms. The minimum atomic E-state index is -0.612. The molecule has 11 heteroatoms. The quantitative estimate of drug-likeness (QED) is 0.240. The number of hydrogen-bond acceptors (Lipinski definition) is 9. The number of esters is 2. The molecule has 1 amide bonds. The van der Waals surface area contributed by atoms with E-state index in [9.17, 15) is 14.4 Å². The molecular formula is C31H28ClN3O7. The second kappa shape index (κ2) is 13.1. The molecule has 2 aromatic carbocycles. The SMILES string of the molecule is COC(=O)c1ccc(C(=O)Nc2cccc(-c3cccc(OCc4nc(OC)c(C(=O)OC)cc4Cl)c3C)c2C)nc1. The third kappa shape index (κ3) is 6.34. The molecule has 1 N–H and O–H groups in total. The molecule has 2 heterocycles. The summed E-state index contributed by atoms with van der Waals surface area (Å²) in [6, 6.07) is 15.6. The molecule has 2 aromatic heterocycles. The Bertz CT molecular complexity index is 1660. The molecule has 4 rings (SSSR count). The lowest BCUT2D eigenvalue weighted by molar-refractivity contribution is 0.0589. The second-order valence-electron chi connectivity index (χ2n) is 9.04. The van der Waals surface area contributed by atoms with E-state index in [1.165, 1.54) is 45.7 Å². The average molecular weight is 590 g/mol. The summed E-state index contributed by atoms with van der Waals surface area (Å²) in [4.78, 5) is 45.0. The molecule has 0 radical (unpaired) electrons. The van der Waals surface area contributed by atoms with E-state index in [4.69, 9.17) is 25.8 Å². The van der Waals surface area contributed by atoms with Crippen LogP contribution in [0.4, 0.5) is 5.69 Å². The van der Waals surface area contributed by atoms with Crippen LogP contribution in [0.5, 0.6) is 11.6 Å². The average Bonchev–Trinajstić information content (AvgIpc) is 3.01. The minimum absolute atomic E-state index is 0.0256. The molecule has 0 atom stereocenters. The Kier molecular flexibility index (Phi) is 9.39. The number of halogens is 1. The number of pyridine rings is 2. The van der Waals surface area contributed by atoms with Crippen molar-refractivity contribution in [2.45, 2.75) is 20.5 Å². The number of methoxy groups -OCH3 is 3. The molecule has 42 heavy (non-hydrogen) atoms. The van der Waals surface area contributed by atoms with Crippen molar-refractivity contribution in [2.75, 3.05) is 26.6 Å². The maximum Gasteiger partial charge on any atom is 0.343 e. The van der Waals surface area contributed by atoms with E-state index in [2.05, 4.69) is 20.0 Å². The number of nitrogens with one attached hydrogen (secondary N) is 1. The number of carbonyl (C=O) groups excluding carboxylic acids is 3. The molecule has 0 aliphatic carbocycles. The Labute approximate surface area is 247 Å². The Hall–Kier alpha value is -4.96. The van der Waals surface area contributed by atoms with Gasteiger partial charge in [-0.25, -0.2) is 14.6 Å². The van der Waals surface area contributed by atoms with Gasteiger partial charge in [0, 0.05) is 11.9 Å². The van der Waals surface area contributed by atoms with Crippen LogP contribution in [-0.2, 0) is 16.1 Å². The first-order chi connectivity index (χ1) is 20.2. The van der Waals surface area contributed by atoms with Crippen molar-refractivity contribution in [3.63, 3.8) is 0 Å². The van der Waals surface area contributed by atoms with Crippen LogP contribution in [0.25, 0.3) is 11.1 Å². The van der Waals surface area contributed by atoms with Crippen LogP contribution in [0.3, 0.4) is 0 Å². The van der Waals surface area contributed by atoms with Crippen molar-refractivity contribution in [1.29, 1.82) is 0 Å². The lowest BCUT2D eigenvalue weighted by atomic mass is 9.95. The third-order valence-corrected chi connectivity index (χ3v) is 6.88. The highest BCUT2D eigenvalue weighted by molar-refractivity contribution is 6.31. The maximum absolute atomic E-state index is 12.9. The summed E-state index contributed by atoms with van der Waals surface area (Å²) in [7, 11) is 3.94. The summed E-state index contributed by atoms with van der Waals surface area (Å²) in [6.45, 7) is 3.86. The summed E-state index contributed by atoms with van der Waals surface area (Å²) in [6.07, 6.45) is 1.30. The molecule has 0 fully saturated rings. The van der Waals surface area contributed by atoms with Crippen LogP contribution in [-0.4, -0.2) is 49.1 Å². The second-order valence-corrected chi connectivity index (χ2v) is 9.45. The largest absolute Gasteiger partial charge is 0.487 e. The molecule has 0 spiro atoms. The van der Waals surface area contributed by atoms with Gasteiger partial charge in [0.15, 0.2) is 0 Å². The first-order valence-electron chi connectivity index (χ1n) is 12.7. The highest BCUT2D eigenvalue weighted by Gasteiger charge is 2.19. The zero-order valence-electron chi connectivity index (χ0n) is 23.6. The minimum Gasteiger partial charge on any atom is -0.487 e. The summed E-state index contributed by atoms with van der Waals surface area (Å²) < 4.78 is 20.8. The number of rotatable bonds is 9. The normalized spacial score (nSPS) is 10.5. The van der Waals surface area contributed by atoms with E-state index in [0.717, 1.165) is 22.3 Å². The number of hydrogen-bond donors (Lipinski definition) is 1. The van der Waals surface area contributed by atoms with Gasteiger partial charge in [-0.2, -0.15) is 0 Å². The van der Waals surface area contributed by atoms with Crippen molar-refractivity contribution in [3.05, 3.63) is 99.5 Å². The summed E-state index contributed by atoms with van der Waals surface area (Å²) >= 11 is 6.38. The van der Waals surface area contributed by atoms with Crippen molar-refractivity contribution in [2.24, 2.45) is 0 Å². The number of nitrogens with zero attached hydrogens (tertiary/aromatic N) is 2. The van der Waals surface area contributed by atoms with Crippen LogP contribution < -0.4 is 14.8 Å². The van der Waals surface area contributed by atoms with Gasteiger partial charge in [0.25, 0.3) is 5.91 Å². The van der Waals surface area contributed by atoms with Crippen LogP contribution in [0.1, 0.15) is 48.0 Å². The smallest absolute Gasteiger partial charge is 0.343 e. The van der Waals surface area contributed by atoms with Crippen LogP contribution >= 0.6 is 11.6 Å². The Morgan fingerprint density at radius 2 is 1.57 bits per heavy atom. The maximum atomic E-state index is 12.9. The summed E-state index contributed by atoms with van der Waals surface area (Å²) in [5, 5.41) is 3.13. The van der Waals surface area contributed by atoms with Gasteiger partial charge in [-0.1, -0.05) is 35.9 Å². The van der Waals surface area contributed by atoms with E-state index in [1.54, 1.807) is 6.07 Å². The zero-order valence-corrected chi connectivity index (χ0v) is 24.4. The van der Waals surface area contributed by atoms with Crippen molar-refractivity contribution >= 4 is 35.1 Å². The van der Waals surface area contributed by atoms with E-state index in [-0.39, 0.29) is 34.3 Å². The third-order valence-electron chi connectivity index (χ3n) is 6.55. The van der Waals surface area contributed by atoms with Gasteiger partial charge in [0.2, 0.25) is 5.88 Å². The van der Waals surface area contributed by atoms with E-state index in [1.807, 2.05) is 44.2 Å². The van der Waals surface area contributed by atoms with Gasteiger partial charge in [-0.15, -0.1) is 0 Å².